The van der Waals surface area contributed by atoms with Crippen LogP contribution in [-0.4, -0.2) is 31.3 Å². The molecule has 0 radical (unpaired) electrons. The molecule has 2 heterocycles. The van der Waals surface area contributed by atoms with Crippen LogP contribution < -0.4 is 10.6 Å². The third kappa shape index (κ3) is 4.11. The first kappa shape index (κ1) is 18.4. The summed E-state index contributed by atoms with van der Waals surface area (Å²) in [5.41, 5.74) is 0.984. The summed E-state index contributed by atoms with van der Waals surface area (Å²) in [6.45, 7) is 2.00. The van der Waals surface area contributed by atoms with Crippen LogP contribution in [0.2, 0.25) is 0 Å². The summed E-state index contributed by atoms with van der Waals surface area (Å²) in [5.74, 6) is -0.864. The number of rotatable bonds is 5. The number of anilines is 2. The number of hydrogen-bond donors (Lipinski definition) is 2. The van der Waals surface area contributed by atoms with Crippen LogP contribution >= 0.6 is 34.9 Å². The second kappa shape index (κ2) is 8.22. The van der Waals surface area contributed by atoms with Crippen molar-refractivity contribution in [3.8, 4) is 0 Å². The number of carbonyl (C=O) groups excluding carboxylic acids is 2. The summed E-state index contributed by atoms with van der Waals surface area (Å²) in [4.78, 5) is 25.0. The maximum atomic E-state index is 11.9. The van der Waals surface area contributed by atoms with Gasteiger partial charge in [-0.25, -0.2) is 9.59 Å². The maximum absolute atomic E-state index is 11.9. The molecule has 24 heavy (non-hydrogen) atoms. The first-order valence-corrected chi connectivity index (χ1v) is 9.05. The lowest BCUT2D eigenvalue weighted by Crippen LogP contribution is -2.20. The van der Waals surface area contributed by atoms with Crippen molar-refractivity contribution in [2.75, 3.05) is 24.9 Å². The molecule has 2 rings (SSSR count). The van der Waals surface area contributed by atoms with Crippen molar-refractivity contribution < 1.29 is 19.1 Å². The van der Waals surface area contributed by atoms with Gasteiger partial charge in [0.05, 0.1) is 25.5 Å². The lowest BCUT2D eigenvalue weighted by Gasteiger charge is -2.10. The summed E-state index contributed by atoms with van der Waals surface area (Å²) >= 11 is 7.96. The molecule has 9 heteroatoms. The normalized spacial score (nSPS) is 10.1. The van der Waals surface area contributed by atoms with Crippen molar-refractivity contribution >= 4 is 62.6 Å². The molecule has 0 saturated heterocycles. The Morgan fingerprint density at radius 1 is 1.21 bits per heavy atom. The van der Waals surface area contributed by atoms with Crippen LogP contribution in [0, 0.1) is 0 Å². The first-order valence-electron chi connectivity index (χ1n) is 6.95. The van der Waals surface area contributed by atoms with Gasteiger partial charge in [0.1, 0.15) is 9.88 Å². The van der Waals surface area contributed by atoms with Gasteiger partial charge in [-0.2, -0.15) is 0 Å². The van der Waals surface area contributed by atoms with E-state index in [2.05, 4.69) is 10.6 Å². The molecule has 0 aliphatic rings. The predicted molar refractivity (Wildman–Crippen MR) is 101 cm³/mol. The Labute approximate surface area is 152 Å². The Morgan fingerprint density at radius 2 is 1.92 bits per heavy atom. The molecular formula is C15H16N2O4S3. The minimum Gasteiger partial charge on any atom is -0.465 e. The van der Waals surface area contributed by atoms with Crippen LogP contribution in [0.15, 0.2) is 17.5 Å². The van der Waals surface area contributed by atoms with Crippen LogP contribution in [0.25, 0.3) is 0 Å². The molecule has 0 fully saturated rings. The Morgan fingerprint density at radius 3 is 2.54 bits per heavy atom. The Hall–Kier alpha value is -1.97. The zero-order valence-electron chi connectivity index (χ0n) is 13.3. The molecule has 0 bridgehead atoms. The molecule has 0 saturated carbocycles. The van der Waals surface area contributed by atoms with Crippen LogP contribution in [0.5, 0.6) is 0 Å². The van der Waals surface area contributed by atoms with Gasteiger partial charge in [-0.05, 0) is 36.2 Å². The van der Waals surface area contributed by atoms with Gasteiger partial charge in [0, 0.05) is 4.88 Å². The van der Waals surface area contributed by atoms with E-state index in [9.17, 15) is 9.59 Å². The number of thiocarbonyl (C=S) groups is 1. The Balaban J connectivity index is 2.16. The molecule has 0 amide bonds. The molecule has 0 spiro atoms. The number of carbonyl (C=O) groups is 2. The van der Waals surface area contributed by atoms with Gasteiger partial charge in [0.2, 0.25) is 0 Å². The highest BCUT2D eigenvalue weighted by Gasteiger charge is 2.18. The molecule has 128 valence electrons. The van der Waals surface area contributed by atoms with E-state index >= 15 is 0 Å². The number of methoxy groups -OCH3 is 2. The van der Waals surface area contributed by atoms with Gasteiger partial charge >= 0.3 is 11.9 Å². The Kier molecular flexibility index (Phi) is 6.29. The quantitative estimate of drug-likeness (QED) is 0.600. The second-order valence-corrected chi connectivity index (χ2v) is 7.00. The van der Waals surface area contributed by atoms with Crippen molar-refractivity contribution in [1.82, 2.24) is 0 Å². The van der Waals surface area contributed by atoms with Crippen LogP contribution in [0.4, 0.5) is 10.7 Å². The summed E-state index contributed by atoms with van der Waals surface area (Å²) in [5, 5.41) is 8.58. The van der Waals surface area contributed by atoms with E-state index in [1.54, 1.807) is 17.5 Å². The van der Waals surface area contributed by atoms with Gasteiger partial charge in [-0.3, -0.25) is 0 Å². The molecule has 0 aliphatic carbocycles. The summed E-state index contributed by atoms with van der Waals surface area (Å²) in [6, 6.07) is 3.52. The van der Waals surface area contributed by atoms with E-state index in [-0.39, 0.29) is 5.11 Å². The number of thiophene rings is 2. The van der Waals surface area contributed by atoms with Crippen molar-refractivity contribution in [3.63, 3.8) is 0 Å². The van der Waals surface area contributed by atoms with Gasteiger partial charge in [-0.1, -0.05) is 6.92 Å². The zero-order chi connectivity index (χ0) is 17.7. The van der Waals surface area contributed by atoms with E-state index in [4.69, 9.17) is 21.7 Å². The van der Waals surface area contributed by atoms with Gasteiger partial charge in [0.15, 0.2) is 5.11 Å². The molecular weight excluding hydrogens is 368 g/mol. The third-order valence-corrected chi connectivity index (χ3v) is 5.34. The van der Waals surface area contributed by atoms with Crippen LogP contribution in [0.3, 0.4) is 0 Å². The molecule has 0 unspecified atom stereocenters. The van der Waals surface area contributed by atoms with Gasteiger partial charge in [-0.15, -0.1) is 22.7 Å². The lowest BCUT2D eigenvalue weighted by atomic mass is 10.2. The van der Waals surface area contributed by atoms with Crippen molar-refractivity contribution in [2.24, 2.45) is 0 Å². The molecule has 6 nitrogen and oxygen atoms in total. The van der Waals surface area contributed by atoms with Crippen molar-refractivity contribution in [1.29, 1.82) is 0 Å². The van der Waals surface area contributed by atoms with Crippen LogP contribution in [0.1, 0.15) is 31.8 Å². The Bertz CT molecular complexity index is 767. The average molecular weight is 385 g/mol. The van der Waals surface area contributed by atoms with Crippen molar-refractivity contribution in [3.05, 3.63) is 32.8 Å². The molecule has 2 N–H and O–H groups in total. The fourth-order valence-electron chi connectivity index (χ4n) is 1.89. The highest BCUT2D eigenvalue weighted by molar-refractivity contribution is 7.80. The molecule has 2 aromatic rings. The van der Waals surface area contributed by atoms with E-state index < -0.39 is 11.9 Å². The van der Waals surface area contributed by atoms with E-state index in [0.29, 0.717) is 21.1 Å². The maximum Gasteiger partial charge on any atom is 0.350 e. The van der Waals surface area contributed by atoms with Crippen LogP contribution in [-0.2, 0) is 15.9 Å². The topological polar surface area (TPSA) is 76.7 Å². The van der Waals surface area contributed by atoms with Gasteiger partial charge in [0.25, 0.3) is 0 Å². The molecule has 2 aromatic heterocycles. The first-order chi connectivity index (χ1) is 11.5. The monoisotopic (exact) mass is 384 g/mol. The molecule has 0 atom stereocenters. The largest absolute Gasteiger partial charge is 0.465 e. The van der Waals surface area contributed by atoms with Crippen molar-refractivity contribution in [2.45, 2.75) is 13.3 Å². The third-order valence-electron chi connectivity index (χ3n) is 3.05. The number of nitrogens with one attached hydrogen (secondary N) is 2. The smallest absolute Gasteiger partial charge is 0.350 e. The number of aryl methyl sites for hydroxylation is 1. The van der Waals surface area contributed by atoms with E-state index in [0.717, 1.165) is 11.3 Å². The minimum absolute atomic E-state index is 0.271. The van der Waals surface area contributed by atoms with Gasteiger partial charge < -0.3 is 20.1 Å². The molecule has 0 aromatic carbocycles. The van der Waals surface area contributed by atoms with E-state index in [1.807, 2.05) is 6.92 Å². The number of esters is 2. The fourth-order valence-corrected chi connectivity index (χ4v) is 3.92. The predicted octanol–water partition coefficient (Wildman–Crippen LogP) is 3.75. The number of ether oxygens (including phenoxy) is 2. The average Bonchev–Trinajstić information content (AvgIpc) is 3.20. The standard InChI is InChI=1S/C15H16N2O4S3/c1-4-8-7-9(13(18)20-2)12(24-8)17-15(22)16-10-5-6-23-11(10)14(19)21-3/h5-7H,4H2,1-3H3,(H2,16,17,22). The second-order valence-electron chi connectivity index (χ2n) is 4.53. The molecule has 0 aliphatic heterocycles. The number of hydrogen-bond acceptors (Lipinski definition) is 7. The van der Waals surface area contributed by atoms with E-state index in [1.165, 1.54) is 36.9 Å². The highest BCUT2D eigenvalue weighted by atomic mass is 32.1. The summed E-state index contributed by atoms with van der Waals surface area (Å²) in [6.07, 6.45) is 0.799. The minimum atomic E-state index is -0.435. The fraction of sp³-hybridized carbons (Fsp3) is 0.267. The SMILES string of the molecule is CCc1cc(C(=O)OC)c(NC(=S)Nc2ccsc2C(=O)OC)s1. The lowest BCUT2D eigenvalue weighted by molar-refractivity contribution is 0.0595. The summed E-state index contributed by atoms with van der Waals surface area (Å²) < 4.78 is 9.52. The zero-order valence-corrected chi connectivity index (χ0v) is 15.7. The highest BCUT2D eigenvalue weighted by Crippen LogP contribution is 2.30. The summed E-state index contributed by atoms with van der Waals surface area (Å²) in [7, 11) is 2.66.